The third kappa shape index (κ3) is 5.11. The fraction of sp³-hybridized carbons (Fsp3) is 0.323. The summed E-state index contributed by atoms with van der Waals surface area (Å²) < 4.78 is 0. The zero-order chi connectivity index (χ0) is 24.9. The smallest absolute Gasteiger partial charge is 0.255 e. The van der Waals surface area contributed by atoms with Crippen molar-refractivity contribution in [2.75, 3.05) is 0 Å². The Balaban J connectivity index is 1.39. The summed E-state index contributed by atoms with van der Waals surface area (Å²) in [4.78, 5) is 42.6. The lowest BCUT2D eigenvalue weighted by atomic mass is 9.79. The van der Waals surface area contributed by atoms with E-state index in [4.69, 9.17) is 0 Å². The Kier molecular flexibility index (Phi) is 7.26. The van der Waals surface area contributed by atoms with E-state index in [-0.39, 0.29) is 17.6 Å². The topological polar surface area (TPSA) is 66.5 Å². The molecule has 36 heavy (non-hydrogen) atoms. The molecule has 184 valence electrons. The van der Waals surface area contributed by atoms with Gasteiger partial charge in [-0.15, -0.1) is 0 Å². The first-order valence-corrected chi connectivity index (χ1v) is 12.9. The molecule has 3 aromatic carbocycles. The van der Waals surface area contributed by atoms with Crippen LogP contribution < -0.4 is 5.32 Å². The molecule has 0 spiro atoms. The molecule has 1 aliphatic heterocycles. The predicted octanol–water partition coefficient (Wildman–Crippen LogP) is 4.95. The van der Waals surface area contributed by atoms with E-state index in [1.807, 2.05) is 84.9 Å². The molecule has 1 N–H and O–H groups in total. The quantitative estimate of drug-likeness (QED) is 0.487. The molecule has 0 bridgehead atoms. The van der Waals surface area contributed by atoms with Gasteiger partial charge in [-0.25, -0.2) is 0 Å². The highest BCUT2D eigenvalue weighted by atomic mass is 16.2. The molecule has 3 atom stereocenters. The fourth-order valence-electron chi connectivity index (χ4n) is 5.67. The number of hydrogen-bond acceptors (Lipinski definition) is 3. The van der Waals surface area contributed by atoms with Crippen molar-refractivity contribution in [3.8, 4) is 0 Å². The van der Waals surface area contributed by atoms with Crippen molar-refractivity contribution < 1.29 is 14.4 Å². The Hall–Kier alpha value is -3.73. The zero-order valence-electron chi connectivity index (χ0n) is 20.4. The Morgan fingerprint density at radius 1 is 0.833 bits per heavy atom. The van der Waals surface area contributed by atoms with E-state index in [0.29, 0.717) is 37.9 Å². The number of carbonyl (C=O) groups excluding carboxylic acids is 3. The number of hydrogen-bond donors (Lipinski definition) is 1. The van der Waals surface area contributed by atoms with E-state index in [9.17, 15) is 14.4 Å². The molecular formula is C31H32N2O3. The van der Waals surface area contributed by atoms with Gasteiger partial charge in [0.05, 0.1) is 12.0 Å². The van der Waals surface area contributed by atoms with Gasteiger partial charge in [0.2, 0.25) is 5.91 Å². The van der Waals surface area contributed by atoms with E-state index < -0.39 is 17.9 Å². The summed E-state index contributed by atoms with van der Waals surface area (Å²) in [5, 5.41) is 3.09. The van der Waals surface area contributed by atoms with Crippen molar-refractivity contribution in [2.24, 2.45) is 11.8 Å². The first kappa shape index (κ1) is 24.0. The van der Waals surface area contributed by atoms with Gasteiger partial charge in [-0.2, -0.15) is 0 Å². The number of amides is 2. The van der Waals surface area contributed by atoms with E-state index >= 15 is 0 Å². The van der Waals surface area contributed by atoms with Crippen molar-refractivity contribution in [2.45, 2.75) is 51.2 Å². The monoisotopic (exact) mass is 480 g/mol. The molecule has 3 aromatic rings. The van der Waals surface area contributed by atoms with Crippen molar-refractivity contribution >= 4 is 17.6 Å². The standard InChI is InChI=1S/C31H32N2O3/c34-29-26(17-9-10-18-28(29)33-21-24-15-7-8-16-25(24)31(33)36)27(19-22-11-3-1-4-12-22)30(35)32-20-23-13-5-2-6-14-23/h1-8,11-16,26-28H,9-10,17-21H2,(H,32,35)/t26?,27-,28+/m1/s1. The van der Waals surface area contributed by atoms with Gasteiger partial charge < -0.3 is 10.2 Å². The van der Waals surface area contributed by atoms with Crippen molar-refractivity contribution in [3.63, 3.8) is 0 Å². The SMILES string of the molecule is O=C(NCc1ccccc1)[C@H](Cc1ccccc1)C1CCCC[C@H](N2Cc3ccccc3C2=O)C1=O. The first-order valence-electron chi connectivity index (χ1n) is 12.9. The number of nitrogens with one attached hydrogen (secondary N) is 1. The maximum atomic E-state index is 14.1. The number of nitrogens with zero attached hydrogens (tertiary/aromatic N) is 1. The van der Waals surface area contributed by atoms with Crippen LogP contribution in [0, 0.1) is 11.8 Å². The zero-order valence-corrected chi connectivity index (χ0v) is 20.4. The second-order valence-corrected chi connectivity index (χ2v) is 9.90. The Morgan fingerprint density at radius 3 is 2.19 bits per heavy atom. The minimum atomic E-state index is -0.488. The molecule has 1 fully saturated rings. The lowest BCUT2D eigenvalue weighted by molar-refractivity contribution is -0.136. The van der Waals surface area contributed by atoms with Gasteiger partial charge in [0.25, 0.3) is 5.91 Å². The summed E-state index contributed by atoms with van der Waals surface area (Å²) in [7, 11) is 0. The molecule has 1 heterocycles. The fourth-order valence-corrected chi connectivity index (χ4v) is 5.67. The molecular weight excluding hydrogens is 448 g/mol. The van der Waals surface area contributed by atoms with Crippen LogP contribution in [0.15, 0.2) is 84.9 Å². The molecule has 5 nitrogen and oxygen atoms in total. The third-order valence-corrected chi connectivity index (χ3v) is 7.59. The van der Waals surface area contributed by atoms with Crippen LogP contribution >= 0.6 is 0 Å². The molecule has 0 aromatic heterocycles. The number of carbonyl (C=O) groups is 3. The Bertz CT molecular complexity index is 1220. The minimum Gasteiger partial charge on any atom is -0.352 e. The van der Waals surface area contributed by atoms with Crippen molar-refractivity contribution in [3.05, 3.63) is 107 Å². The number of fused-ring (bicyclic) bond motifs is 1. The van der Waals surface area contributed by atoms with Crippen LogP contribution in [0.5, 0.6) is 0 Å². The highest BCUT2D eigenvalue weighted by Gasteiger charge is 2.43. The van der Waals surface area contributed by atoms with Gasteiger partial charge in [0, 0.05) is 24.6 Å². The van der Waals surface area contributed by atoms with Gasteiger partial charge in [-0.1, -0.05) is 91.7 Å². The number of rotatable bonds is 7. The predicted molar refractivity (Wildman–Crippen MR) is 139 cm³/mol. The van der Waals surface area contributed by atoms with Crippen molar-refractivity contribution in [1.82, 2.24) is 10.2 Å². The molecule has 1 saturated carbocycles. The normalized spacial score (nSPS) is 20.5. The molecule has 0 saturated heterocycles. The molecule has 5 heteroatoms. The highest BCUT2D eigenvalue weighted by Crippen LogP contribution is 2.34. The lowest BCUT2D eigenvalue weighted by Crippen LogP contribution is -2.47. The largest absolute Gasteiger partial charge is 0.352 e. The van der Waals surface area contributed by atoms with E-state index in [2.05, 4.69) is 5.32 Å². The molecule has 0 radical (unpaired) electrons. The second kappa shape index (κ2) is 10.9. The number of ketones is 1. The summed E-state index contributed by atoms with van der Waals surface area (Å²) >= 11 is 0. The summed E-state index contributed by atoms with van der Waals surface area (Å²) in [6.45, 7) is 0.886. The average Bonchev–Trinajstić information content (AvgIpc) is 3.13. The highest BCUT2D eigenvalue weighted by molar-refractivity contribution is 6.02. The average molecular weight is 481 g/mol. The van der Waals surface area contributed by atoms with Gasteiger partial charge in [-0.3, -0.25) is 14.4 Å². The van der Waals surface area contributed by atoms with Gasteiger partial charge >= 0.3 is 0 Å². The van der Waals surface area contributed by atoms with Gasteiger partial charge in [0.1, 0.15) is 0 Å². The summed E-state index contributed by atoms with van der Waals surface area (Å²) in [6.07, 6.45) is 3.56. The molecule has 2 aliphatic rings. The maximum Gasteiger partial charge on any atom is 0.255 e. The molecule has 1 aliphatic carbocycles. The van der Waals surface area contributed by atoms with E-state index in [1.165, 1.54) is 0 Å². The van der Waals surface area contributed by atoms with Crippen LogP contribution in [0.2, 0.25) is 0 Å². The third-order valence-electron chi connectivity index (χ3n) is 7.59. The van der Waals surface area contributed by atoms with Crippen molar-refractivity contribution in [1.29, 1.82) is 0 Å². The van der Waals surface area contributed by atoms with Crippen LogP contribution in [0.4, 0.5) is 0 Å². The molecule has 2 amide bonds. The van der Waals surface area contributed by atoms with Crippen LogP contribution in [0.3, 0.4) is 0 Å². The Labute approximate surface area is 212 Å². The summed E-state index contributed by atoms with van der Waals surface area (Å²) in [5.41, 5.74) is 3.72. The van der Waals surface area contributed by atoms with Crippen LogP contribution in [-0.2, 0) is 29.1 Å². The van der Waals surface area contributed by atoms with Crippen LogP contribution in [-0.4, -0.2) is 28.5 Å². The second-order valence-electron chi connectivity index (χ2n) is 9.90. The van der Waals surface area contributed by atoms with Gasteiger partial charge in [-0.05, 0) is 42.0 Å². The van der Waals surface area contributed by atoms with Crippen LogP contribution in [0.25, 0.3) is 0 Å². The lowest BCUT2D eigenvalue weighted by Gasteiger charge is -2.31. The summed E-state index contributed by atoms with van der Waals surface area (Å²) in [5.74, 6) is -1.05. The van der Waals surface area contributed by atoms with E-state index in [0.717, 1.165) is 29.5 Å². The Morgan fingerprint density at radius 2 is 1.47 bits per heavy atom. The number of benzene rings is 3. The van der Waals surface area contributed by atoms with E-state index in [1.54, 1.807) is 4.90 Å². The number of Topliss-reactive ketones (excluding diaryl/α,β-unsaturated/α-hetero) is 1. The summed E-state index contributed by atoms with van der Waals surface area (Å²) in [6, 6.07) is 26.8. The van der Waals surface area contributed by atoms with Gasteiger partial charge in [0.15, 0.2) is 5.78 Å². The molecule has 5 rings (SSSR count). The van der Waals surface area contributed by atoms with Crippen LogP contribution in [0.1, 0.15) is 52.7 Å². The molecule has 1 unspecified atom stereocenters. The first-order chi connectivity index (χ1) is 17.6. The maximum absolute atomic E-state index is 14.1. The minimum absolute atomic E-state index is 0.0319.